The lowest BCUT2D eigenvalue weighted by Crippen LogP contribution is -2.41. The van der Waals surface area contributed by atoms with Crippen molar-refractivity contribution in [2.75, 3.05) is 6.54 Å². The Hall–Kier alpha value is -2.95. The largest absolute Gasteiger partial charge is 0.348 e. The molecule has 5 nitrogen and oxygen atoms in total. The Morgan fingerprint density at radius 1 is 0.923 bits per heavy atom. The minimum absolute atomic E-state index is 0.154. The van der Waals surface area contributed by atoms with Crippen LogP contribution in [0.4, 0.5) is 0 Å². The normalized spacial score (nSPS) is 14.5. The fraction of sp³-hybridized carbons (Fsp3) is 0.286. The van der Waals surface area contributed by atoms with Gasteiger partial charge in [0.15, 0.2) is 0 Å². The summed E-state index contributed by atoms with van der Waals surface area (Å²) in [5, 5.41) is 2.97. The van der Waals surface area contributed by atoms with Gasteiger partial charge < -0.3 is 5.32 Å². The molecule has 5 heteroatoms. The summed E-state index contributed by atoms with van der Waals surface area (Å²) in [6, 6.07) is 16.2. The molecule has 2 aromatic carbocycles. The monoisotopic (exact) mass is 350 g/mol. The minimum atomic E-state index is -0.416. The Labute approximate surface area is 153 Å². The molecule has 0 saturated heterocycles. The first-order valence-corrected chi connectivity index (χ1v) is 8.77. The highest BCUT2D eigenvalue weighted by Crippen LogP contribution is 2.23. The van der Waals surface area contributed by atoms with Crippen molar-refractivity contribution >= 4 is 17.7 Å². The van der Waals surface area contributed by atoms with Crippen molar-refractivity contribution in [1.29, 1.82) is 0 Å². The van der Waals surface area contributed by atoms with Gasteiger partial charge in [-0.15, -0.1) is 0 Å². The van der Waals surface area contributed by atoms with E-state index >= 15 is 0 Å². The Morgan fingerprint density at radius 3 is 2.00 bits per heavy atom. The fourth-order valence-corrected chi connectivity index (χ4v) is 3.20. The van der Waals surface area contributed by atoms with Gasteiger partial charge in [-0.2, -0.15) is 0 Å². The number of fused-ring (bicyclic) bond motifs is 1. The average Bonchev–Trinajstić information content (AvgIpc) is 2.87. The first-order chi connectivity index (χ1) is 12.5. The van der Waals surface area contributed by atoms with E-state index in [9.17, 15) is 14.4 Å². The molecule has 0 radical (unpaired) electrons. The molecule has 0 fully saturated rings. The summed E-state index contributed by atoms with van der Waals surface area (Å²) in [5.74, 6) is -0.782. The highest BCUT2D eigenvalue weighted by molar-refractivity contribution is 6.22. The second-order valence-electron chi connectivity index (χ2n) is 6.90. The maximum absolute atomic E-state index is 12.5. The van der Waals surface area contributed by atoms with Crippen LogP contribution in [-0.2, 0) is 4.79 Å². The molecule has 26 heavy (non-hydrogen) atoms. The van der Waals surface area contributed by atoms with E-state index in [0.717, 1.165) is 16.9 Å². The number of carbonyl (C=O) groups is 3. The quantitative estimate of drug-likeness (QED) is 0.814. The molecule has 0 spiro atoms. The molecule has 134 valence electrons. The molecule has 1 heterocycles. The second kappa shape index (κ2) is 7.52. The molecule has 1 aliphatic rings. The van der Waals surface area contributed by atoms with E-state index in [1.807, 2.05) is 30.3 Å². The van der Waals surface area contributed by atoms with E-state index < -0.39 is 11.8 Å². The molecule has 1 N–H and O–H groups in total. The van der Waals surface area contributed by atoms with Crippen molar-refractivity contribution in [3.63, 3.8) is 0 Å². The van der Waals surface area contributed by atoms with Crippen LogP contribution in [0.5, 0.6) is 0 Å². The van der Waals surface area contributed by atoms with Gasteiger partial charge in [0.05, 0.1) is 17.2 Å². The third-order valence-electron chi connectivity index (χ3n) is 4.42. The first kappa shape index (κ1) is 17.9. The predicted octanol–water partition coefficient (Wildman–Crippen LogP) is 3.19. The number of hydrogen-bond donors (Lipinski definition) is 1. The standard InChI is InChI=1S/C21H22N2O3/c1-14(2)12-18(15-8-4-3-5-9-15)22-19(24)13-23-20(25)16-10-6-7-11-17(16)21(23)26/h3-11,14,18H,12-13H2,1-2H3,(H,22,24)/t18-/m0/s1. The number of benzene rings is 2. The molecule has 0 unspecified atom stereocenters. The van der Waals surface area contributed by atoms with E-state index in [4.69, 9.17) is 0 Å². The number of imide groups is 1. The lowest BCUT2D eigenvalue weighted by atomic mass is 9.97. The lowest BCUT2D eigenvalue weighted by molar-refractivity contribution is -0.122. The van der Waals surface area contributed by atoms with Crippen LogP contribution in [0.15, 0.2) is 54.6 Å². The Kier molecular flexibility index (Phi) is 5.16. The van der Waals surface area contributed by atoms with Gasteiger partial charge in [0, 0.05) is 0 Å². The van der Waals surface area contributed by atoms with Crippen molar-refractivity contribution in [2.45, 2.75) is 26.3 Å². The summed E-state index contributed by atoms with van der Waals surface area (Å²) in [6.45, 7) is 3.91. The summed E-state index contributed by atoms with van der Waals surface area (Å²) in [4.78, 5) is 38.4. The van der Waals surface area contributed by atoms with Gasteiger partial charge in [-0.25, -0.2) is 0 Å². The molecule has 3 amide bonds. The number of hydrogen-bond acceptors (Lipinski definition) is 3. The molecule has 1 atom stereocenters. The molecular formula is C21H22N2O3. The van der Waals surface area contributed by atoms with Gasteiger partial charge in [0.2, 0.25) is 5.91 Å². The first-order valence-electron chi connectivity index (χ1n) is 8.77. The van der Waals surface area contributed by atoms with Gasteiger partial charge in [0.25, 0.3) is 11.8 Å². The Bertz CT molecular complexity index is 795. The summed E-state index contributed by atoms with van der Waals surface area (Å²) in [7, 11) is 0. The topological polar surface area (TPSA) is 66.5 Å². The number of amides is 3. The van der Waals surface area contributed by atoms with Crippen LogP contribution >= 0.6 is 0 Å². The molecule has 0 bridgehead atoms. The summed E-state index contributed by atoms with van der Waals surface area (Å²) in [5.41, 5.74) is 1.72. The molecular weight excluding hydrogens is 328 g/mol. The maximum Gasteiger partial charge on any atom is 0.262 e. The van der Waals surface area contributed by atoms with E-state index in [1.54, 1.807) is 24.3 Å². The average molecular weight is 350 g/mol. The number of rotatable bonds is 6. The minimum Gasteiger partial charge on any atom is -0.348 e. The zero-order valence-electron chi connectivity index (χ0n) is 14.9. The van der Waals surface area contributed by atoms with Crippen LogP contribution < -0.4 is 5.32 Å². The molecule has 3 rings (SSSR count). The van der Waals surface area contributed by atoms with E-state index in [1.165, 1.54) is 0 Å². The SMILES string of the molecule is CC(C)C[C@H](NC(=O)CN1C(=O)c2ccccc2C1=O)c1ccccc1. The van der Waals surface area contributed by atoms with Gasteiger partial charge in [-0.3, -0.25) is 19.3 Å². The zero-order valence-corrected chi connectivity index (χ0v) is 14.9. The zero-order chi connectivity index (χ0) is 18.7. The van der Waals surface area contributed by atoms with E-state index in [-0.39, 0.29) is 18.5 Å². The molecule has 1 aliphatic heterocycles. The van der Waals surface area contributed by atoms with Crippen molar-refractivity contribution in [1.82, 2.24) is 10.2 Å². The Morgan fingerprint density at radius 2 is 1.46 bits per heavy atom. The fourth-order valence-electron chi connectivity index (χ4n) is 3.20. The van der Waals surface area contributed by atoms with Gasteiger partial charge in [-0.05, 0) is 30.0 Å². The van der Waals surface area contributed by atoms with Gasteiger partial charge in [0.1, 0.15) is 6.54 Å². The van der Waals surface area contributed by atoms with E-state index in [2.05, 4.69) is 19.2 Å². The maximum atomic E-state index is 12.5. The van der Waals surface area contributed by atoms with Crippen molar-refractivity contribution in [3.8, 4) is 0 Å². The van der Waals surface area contributed by atoms with Crippen molar-refractivity contribution in [3.05, 3.63) is 71.3 Å². The van der Waals surface area contributed by atoms with Gasteiger partial charge in [-0.1, -0.05) is 56.3 Å². The highest BCUT2D eigenvalue weighted by Gasteiger charge is 2.36. The Balaban J connectivity index is 1.71. The highest BCUT2D eigenvalue weighted by atomic mass is 16.2. The molecule has 0 aromatic heterocycles. The molecule has 2 aromatic rings. The van der Waals surface area contributed by atoms with Crippen LogP contribution in [0.2, 0.25) is 0 Å². The third kappa shape index (κ3) is 3.67. The van der Waals surface area contributed by atoms with Crippen molar-refractivity contribution < 1.29 is 14.4 Å². The van der Waals surface area contributed by atoms with Gasteiger partial charge >= 0.3 is 0 Å². The third-order valence-corrected chi connectivity index (χ3v) is 4.42. The van der Waals surface area contributed by atoms with Crippen molar-refractivity contribution in [2.24, 2.45) is 5.92 Å². The van der Waals surface area contributed by atoms with Crippen LogP contribution in [0.25, 0.3) is 0 Å². The van der Waals surface area contributed by atoms with Crippen LogP contribution in [0.3, 0.4) is 0 Å². The van der Waals surface area contributed by atoms with Crippen LogP contribution in [0.1, 0.15) is 52.6 Å². The number of nitrogens with zero attached hydrogens (tertiary/aromatic N) is 1. The summed E-state index contributed by atoms with van der Waals surface area (Å²) in [6.07, 6.45) is 0.776. The predicted molar refractivity (Wildman–Crippen MR) is 98.6 cm³/mol. The smallest absolute Gasteiger partial charge is 0.262 e. The molecule has 0 aliphatic carbocycles. The lowest BCUT2D eigenvalue weighted by Gasteiger charge is -2.22. The second-order valence-corrected chi connectivity index (χ2v) is 6.90. The van der Waals surface area contributed by atoms with Crippen LogP contribution in [0, 0.1) is 5.92 Å². The molecule has 0 saturated carbocycles. The number of nitrogens with one attached hydrogen (secondary N) is 1. The number of carbonyl (C=O) groups excluding carboxylic acids is 3. The van der Waals surface area contributed by atoms with E-state index in [0.29, 0.717) is 17.0 Å². The summed E-state index contributed by atoms with van der Waals surface area (Å²) < 4.78 is 0. The van der Waals surface area contributed by atoms with Crippen LogP contribution in [-0.4, -0.2) is 29.2 Å². The summed E-state index contributed by atoms with van der Waals surface area (Å²) >= 11 is 0.